The molecule has 5 aliphatic heterocycles. The average molecular weight is 465 g/mol. The molecule has 2 bridgehead atoms. The Morgan fingerprint density at radius 1 is 0.971 bits per heavy atom. The van der Waals surface area contributed by atoms with E-state index in [-0.39, 0.29) is 6.10 Å². The van der Waals surface area contributed by atoms with Crippen LogP contribution in [0.25, 0.3) is 11.3 Å². The van der Waals surface area contributed by atoms with Gasteiger partial charge in [0.05, 0.1) is 18.8 Å². The second-order valence-corrected chi connectivity index (χ2v) is 11.0. The summed E-state index contributed by atoms with van der Waals surface area (Å²) in [6.07, 6.45) is 10.2. The number of benzene rings is 1. The molecule has 2 unspecified atom stereocenters. The van der Waals surface area contributed by atoms with Gasteiger partial charge in [-0.2, -0.15) is 0 Å². The van der Waals surface area contributed by atoms with Crippen molar-refractivity contribution in [3.8, 4) is 11.3 Å². The van der Waals surface area contributed by atoms with Crippen molar-refractivity contribution < 1.29 is 4.74 Å². The number of aryl methyl sites for hydroxylation is 1. The maximum absolute atomic E-state index is 5.87. The second kappa shape index (κ2) is 9.96. The Morgan fingerprint density at radius 3 is 2.53 bits per heavy atom. The third kappa shape index (κ3) is 4.88. The third-order valence-corrected chi connectivity index (χ3v) is 8.67. The highest BCUT2D eigenvalue weighted by Gasteiger charge is 2.34. The lowest BCUT2D eigenvalue weighted by Crippen LogP contribution is -2.56. The average Bonchev–Trinajstić information content (AvgIpc) is 3.34. The summed E-state index contributed by atoms with van der Waals surface area (Å²) < 4.78 is 7.82. The molecule has 1 aromatic heterocycles. The van der Waals surface area contributed by atoms with Crippen molar-refractivity contribution in [1.29, 1.82) is 0 Å². The van der Waals surface area contributed by atoms with Crippen LogP contribution in [0.4, 0.5) is 5.69 Å². The number of rotatable bonds is 6. The van der Waals surface area contributed by atoms with Crippen molar-refractivity contribution in [3.63, 3.8) is 0 Å². The molecule has 0 saturated carbocycles. The lowest BCUT2D eigenvalue weighted by Gasteiger charge is -2.48. The number of piperidine rings is 3. The Balaban J connectivity index is 1.04. The summed E-state index contributed by atoms with van der Waals surface area (Å²) >= 11 is 0. The van der Waals surface area contributed by atoms with E-state index >= 15 is 0 Å². The van der Waals surface area contributed by atoms with Crippen molar-refractivity contribution in [2.24, 2.45) is 5.92 Å². The molecule has 5 aliphatic rings. The highest BCUT2D eigenvalue weighted by molar-refractivity contribution is 5.67. The summed E-state index contributed by atoms with van der Waals surface area (Å²) in [5.74, 6) is 1.000. The zero-order valence-electron chi connectivity index (χ0n) is 20.7. The molecule has 0 amide bonds. The summed E-state index contributed by atoms with van der Waals surface area (Å²) in [6, 6.07) is 7.64. The van der Waals surface area contributed by atoms with Gasteiger partial charge in [-0.05, 0) is 82.2 Å². The minimum absolute atomic E-state index is 0.274. The first-order valence-electron chi connectivity index (χ1n) is 13.6. The van der Waals surface area contributed by atoms with E-state index in [4.69, 9.17) is 4.74 Å². The second-order valence-electron chi connectivity index (χ2n) is 11.0. The zero-order valence-corrected chi connectivity index (χ0v) is 20.7. The number of ether oxygens (including phenoxy) is 1. The smallest absolute Gasteiger partial charge is 0.113 e. The van der Waals surface area contributed by atoms with Gasteiger partial charge in [0.1, 0.15) is 5.69 Å². The Hall–Kier alpha value is -1.96. The number of aromatic nitrogens is 3. The van der Waals surface area contributed by atoms with Gasteiger partial charge < -0.3 is 9.64 Å². The topological polar surface area (TPSA) is 49.7 Å². The van der Waals surface area contributed by atoms with Crippen molar-refractivity contribution in [3.05, 3.63) is 30.0 Å². The van der Waals surface area contributed by atoms with Crippen LogP contribution >= 0.6 is 0 Å². The van der Waals surface area contributed by atoms with Gasteiger partial charge in [-0.3, -0.25) is 9.80 Å². The number of hydrogen-bond donors (Lipinski definition) is 0. The number of piperazine rings is 1. The summed E-state index contributed by atoms with van der Waals surface area (Å²) in [6.45, 7) is 12.4. The fourth-order valence-corrected chi connectivity index (χ4v) is 6.57. The third-order valence-electron chi connectivity index (χ3n) is 8.67. The molecule has 2 atom stereocenters. The molecule has 5 fully saturated rings. The Bertz CT molecular complexity index is 954. The fourth-order valence-electron chi connectivity index (χ4n) is 6.57. The molecule has 34 heavy (non-hydrogen) atoms. The van der Waals surface area contributed by atoms with Crippen LogP contribution in [0.1, 0.15) is 44.1 Å². The van der Waals surface area contributed by atoms with Gasteiger partial charge in [0, 0.05) is 56.6 Å². The molecular weight excluding hydrogens is 424 g/mol. The lowest BCUT2D eigenvalue weighted by molar-refractivity contribution is 0.00370. The largest absolute Gasteiger partial charge is 0.376 e. The molecule has 2 aromatic rings. The van der Waals surface area contributed by atoms with Gasteiger partial charge in [0.25, 0.3) is 0 Å². The van der Waals surface area contributed by atoms with Crippen LogP contribution in [0.3, 0.4) is 0 Å². The van der Waals surface area contributed by atoms with E-state index in [0.717, 1.165) is 50.3 Å². The molecule has 7 nitrogen and oxygen atoms in total. The SMILES string of the molecule is Cc1cc(N2CCN(CC3CC4CCN3CC4)CC2)ccc1-c1cn(CC2CCCCO2)nn1. The summed E-state index contributed by atoms with van der Waals surface area (Å²) in [7, 11) is 0. The Kier molecular flexibility index (Phi) is 6.59. The summed E-state index contributed by atoms with van der Waals surface area (Å²) in [4.78, 5) is 8.02. The molecule has 0 N–H and O–H groups in total. The quantitative estimate of drug-likeness (QED) is 0.653. The van der Waals surface area contributed by atoms with Gasteiger partial charge in [0.2, 0.25) is 0 Å². The maximum Gasteiger partial charge on any atom is 0.113 e. The molecule has 7 rings (SSSR count). The monoisotopic (exact) mass is 464 g/mol. The first-order chi connectivity index (χ1) is 16.7. The van der Waals surface area contributed by atoms with Gasteiger partial charge >= 0.3 is 0 Å². The van der Waals surface area contributed by atoms with Gasteiger partial charge in [0.15, 0.2) is 0 Å². The Morgan fingerprint density at radius 2 is 1.82 bits per heavy atom. The fraction of sp³-hybridized carbons (Fsp3) is 0.704. The van der Waals surface area contributed by atoms with Gasteiger partial charge in [-0.25, -0.2) is 4.68 Å². The van der Waals surface area contributed by atoms with Crippen LogP contribution in [0.2, 0.25) is 0 Å². The van der Waals surface area contributed by atoms with Crippen LogP contribution in [-0.2, 0) is 11.3 Å². The predicted molar refractivity (Wildman–Crippen MR) is 135 cm³/mol. The van der Waals surface area contributed by atoms with Crippen LogP contribution in [-0.4, -0.2) is 89.4 Å². The molecule has 7 heteroatoms. The van der Waals surface area contributed by atoms with Crippen molar-refractivity contribution in [2.45, 2.75) is 64.1 Å². The predicted octanol–water partition coefficient (Wildman–Crippen LogP) is 3.43. The molecular formula is C27H40N6O. The van der Waals surface area contributed by atoms with E-state index in [0.29, 0.717) is 0 Å². The van der Waals surface area contributed by atoms with Crippen molar-refractivity contribution in [2.75, 3.05) is 57.3 Å². The highest BCUT2D eigenvalue weighted by atomic mass is 16.5. The molecule has 1 aromatic carbocycles. The van der Waals surface area contributed by atoms with Crippen molar-refractivity contribution in [1.82, 2.24) is 24.8 Å². The number of anilines is 1. The molecule has 0 aliphatic carbocycles. The highest BCUT2D eigenvalue weighted by Crippen LogP contribution is 2.32. The minimum atomic E-state index is 0.274. The molecule has 0 spiro atoms. The number of fused-ring (bicyclic) bond motifs is 3. The Labute approximate surface area is 204 Å². The van der Waals surface area contributed by atoms with E-state index < -0.39 is 0 Å². The molecule has 184 valence electrons. The molecule has 0 radical (unpaired) electrons. The van der Waals surface area contributed by atoms with E-state index in [2.05, 4.69) is 56.3 Å². The van der Waals surface area contributed by atoms with Crippen LogP contribution in [0.5, 0.6) is 0 Å². The maximum atomic E-state index is 5.87. The number of nitrogens with zero attached hydrogens (tertiary/aromatic N) is 6. The van der Waals surface area contributed by atoms with E-state index in [1.807, 2.05) is 4.68 Å². The lowest BCUT2D eigenvalue weighted by atomic mass is 9.83. The standard InChI is InChI=1S/C27H40N6O/c1-21-16-23(5-6-26(21)27-20-33(29-28-27)19-25-4-2-3-15-34-25)32-13-11-30(12-14-32)18-24-17-22-7-9-31(24)10-8-22/h5-6,16,20,22,24-25H,2-4,7-15,17-19H2,1H3. The number of hydrogen-bond acceptors (Lipinski definition) is 6. The molecule has 5 saturated heterocycles. The van der Waals surface area contributed by atoms with E-state index in [9.17, 15) is 0 Å². The molecule has 6 heterocycles. The van der Waals surface area contributed by atoms with E-state index in [1.165, 1.54) is 81.6 Å². The van der Waals surface area contributed by atoms with Crippen LogP contribution in [0, 0.1) is 12.8 Å². The van der Waals surface area contributed by atoms with Gasteiger partial charge in [-0.1, -0.05) is 11.3 Å². The van der Waals surface area contributed by atoms with Crippen LogP contribution in [0.15, 0.2) is 24.4 Å². The van der Waals surface area contributed by atoms with Crippen LogP contribution < -0.4 is 4.90 Å². The summed E-state index contributed by atoms with van der Waals surface area (Å²) in [5, 5.41) is 8.85. The first kappa shape index (κ1) is 22.5. The minimum Gasteiger partial charge on any atom is -0.376 e. The van der Waals surface area contributed by atoms with Crippen molar-refractivity contribution >= 4 is 5.69 Å². The first-order valence-corrected chi connectivity index (χ1v) is 13.6. The van der Waals surface area contributed by atoms with E-state index in [1.54, 1.807) is 0 Å². The summed E-state index contributed by atoms with van der Waals surface area (Å²) in [5.41, 5.74) is 4.75. The zero-order chi connectivity index (χ0) is 22.9. The van der Waals surface area contributed by atoms with Gasteiger partial charge in [-0.15, -0.1) is 5.10 Å². The normalized spacial score (nSPS) is 30.1.